The number of rotatable bonds is 4. The molecule has 110 valence electrons. The van der Waals surface area contributed by atoms with E-state index in [9.17, 15) is 4.79 Å². The summed E-state index contributed by atoms with van der Waals surface area (Å²) in [6.45, 7) is 12.3. The fourth-order valence-corrected chi connectivity index (χ4v) is 3.54. The summed E-state index contributed by atoms with van der Waals surface area (Å²) in [6, 6.07) is -0.0603. The van der Waals surface area contributed by atoms with Crippen LogP contribution in [0.4, 0.5) is 5.69 Å². The van der Waals surface area contributed by atoms with E-state index >= 15 is 0 Å². The summed E-state index contributed by atoms with van der Waals surface area (Å²) < 4.78 is 0. The van der Waals surface area contributed by atoms with Gasteiger partial charge in [0, 0.05) is 11.4 Å². The Balaban J connectivity index is 2.11. The molecule has 1 aliphatic rings. The number of anilines is 1. The van der Waals surface area contributed by atoms with Crippen LogP contribution in [0.15, 0.2) is 17.5 Å². The summed E-state index contributed by atoms with van der Waals surface area (Å²) in [6.07, 6.45) is 2.88. The molecule has 1 atom stereocenters. The lowest BCUT2D eigenvalue weighted by Gasteiger charge is -2.35. The zero-order chi connectivity index (χ0) is 14.7. The number of carbonyl (C=O) groups excluding carboxylic acids is 1. The minimum absolute atomic E-state index is 0.0603. The highest BCUT2D eigenvalue weighted by Crippen LogP contribution is 2.28. The van der Waals surface area contributed by atoms with E-state index < -0.39 is 0 Å². The fraction of sp³-hybridized carbons (Fsp3) is 0.562. The highest BCUT2D eigenvalue weighted by atomic mass is 32.1. The molecule has 0 saturated carbocycles. The maximum absolute atomic E-state index is 12.6. The molecule has 1 fully saturated rings. The quantitative estimate of drug-likeness (QED) is 0.858. The summed E-state index contributed by atoms with van der Waals surface area (Å²) >= 11 is 1.69. The third-order valence-electron chi connectivity index (χ3n) is 3.90. The average Bonchev–Trinajstić information content (AvgIpc) is 2.73. The first-order chi connectivity index (χ1) is 9.52. The van der Waals surface area contributed by atoms with Gasteiger partial charge in [0.2, 0.25) is 5.91 Å². The van der Waals surface area contributed by atoms with Crippen LogP contribution >= 0.6 is 11.3 Å². The van der Waals surface area contributed by atoms with Crippen molar-refractivity contribution in [1.29, 1.82) is 0 Å². The molecule has 0 aromatic carbocycles. The van der Waals surface area contributed by atoms with Crippen molar-refractivity contribution >= 4 is 22.9 Å². The zero-order valence-corrected chi connectivity index (χ0v) is 13.5. The van der Waals surface area contributed by atoms with Crippen molar-refractivity contribution in [3.05, 3.63) is 28.0 Å². The molecule has 1 unspecified atom stereocenters. The molecule has 2 heterocycles. The molecule has 1 saturated heterocycles. The second kappa shape index (κ2) is 6.55. The lowest BCUT2D eigenvalue weighted by molar-refractivity contribution is -0.121. The lowest BCUT2D eigenvalue weighted by Crippen LogP contribution is -2.47. The summed E-state index contributed by atoms with van der Waals surface area (Å²) in [5.74, 6) is 0.115. The molecule has 1 N–H and O–H groups in total. The van der Waals surface area contributed by atoms with Gasteiger partial charge in [-0.15, -0.1) is 11.3 Å². The molecular formula is C16H24N2OS. The first kappa shape index (κ1) is 15.3. The van der Waals surface area contributed by atoms with Gasteiger partial charge in [0.05, 0.1) is 11.7 Å². The van der Waals surface area contributed by atoms with Crippen LogP contribution in [-0.4, -0.2) is 29.9 Å². The molecule has 1 aliphatic heterocycles. The van der Waals surface area contributed by atoms with Crippen molar-refractivity contribution in [3.8, 4) is 0 Å². The van der Waals surface area contributed by atoms with Gasteiger partial charge in [-0.05, 0) is 50.6 Å². The second-order valence-electron chi connectivity index (χ2n) is 5.60. The molecule has 20 heavy (non-hydrogen) atoms. The van der Waals surface area contributed by atoms with Crippen molar-refractivity contribution in [2.24, 2.45) is 0 Å². The molecule has 0 bridgehead atoms. The molecule has 0 radical (unpaired) electrons. The molecule has 1 amide bonds. The maximum Gasteiger partial charge on any atom is 0.242 e. The number of aryl methyl sites for hydroxylation is 2. The molecular weight excluding hydrogens is 268 g/mol. The van der Waals surface area contributed by atoms with Gasteiger partial charge in [0.15, 0.2) is 0 Å². The molecule has 3 nitrogen and oxygen atoms in total. The summed E-state index contributed by atoms with van der Waals surface area (Å²) in [4.78, 5) is 16.1. The van der Waals surface area contributed by atoms with E-state index in [1.54, 1.807) is 11.3 Å². The first-order valence-electron chi connectivity index (χ1n) is 7.29. The summed E-state index contributed by atoms with van der Waals surface area (Å²) in [5.41, 5.74) is 3.33. The predicted octanol–water partition coefficient (Wildman–Crippen LogP) is 3.73. The van der Waals surface area contributed by atoms with Crippen LogP contribution in [0.25, 0.3) is 0 Å². The normalized spacial score (nSPS) is 20.1. The average molecular weight is 292 g/mol. The third-order valence-corrected chi connectivity index (χ3v) is 4.92. The third kappa shape index (κ3) is 3.30. The first-order valence-corrected chi connectivity index (χ1v) is 8.17. The Kier molecular flexibility index (Phi) is 5.00. The number of hydrogen-bond acceptors (Lipinski definition) is 3. The van der Waals surface area contributed by atoms with Crippen LogP contribution in [0.5, 0.6) is 0 Å². The van der Waals surface area contributed by atoms with Crippen LogP contribution in [0.2, 0.25) is 0 Å². The van der Waals surface area contributed by atoms with Gasteiger partial charge in [0.1, 0.15) is 0 Å². The highest BCUT2D eigenvalue weighted by molar-refractivity contribution is 7.10. The number of piperidine rings is 1. The second-order valence-corrected chi connectivity index (χ2v) is 6.68. The Morgan fingerprint density at radius 2 is 2.30 bits per heavy atom. The number of likely N-dealkylation sites (tertiary alicyclic amines) is 1. The van der Waals surface area contributed by atoms with Gasteiger partial charge in [-0.2, -0.15) is 0 Å². The Bertz CT molecular complexity index is 487. The largest absolute Gasteiger partial charge is 0.323 e. The molecule has 4 heteroatoms. The predicted molar refractivity (Wildman–Crippen MR) is 86.4 cm³/mol. The number of nitrogens with zero attached hydrogens (tertiary/aromatic N) is 1. The lowest BCUT2D eigenvalue weighted by atomic mass is 9.97. The molecule has 0 aliphatic carbocycles. The van der Waals surface area contributed by atoms with Gasteiger partial charge in [0.25, 0.3) is 0 Å². The van der Waals surface area contributed by atoms with Gasteiger partial charge in [-0.3, -0.25) is 9.69 Å². The Morgan fingerprint density at radius 1 is 1.55 bits per heavy atom. The van der Waals surface area contributed by atoms with Crippen LogP contribution in [-0.2, 0) is 4.79 Å². The van der Waals surface area contributed by atoms with E-state index in [1.165, 1.54) is 10.5 Å². The van der Waals surface area contributed by atoms with E-state index in [-0.39, 0.29) is 11.9 Å². The minimum Gasteiger partial charge on any atom is -0.323 e. The Hall–Kier alpha value is -1.13. The molecule has 0 spiro atoms. The molecule has 1 aromatic rings. The van der Waals surface area contributed by atoms with Crippen molar-refractivity contribution in [1.82, 2.24) is 4.90 Å². The van der Waals surface area contributed by atoms with Gasteiger partial charge in [-0.25, -0.2) is 0 Å². The number of carbonyl (C=O) groups is 1. The number of amides is 1. The van der Waals surface area contributed by atoms with Crippen LogP contribution in [0.1, 0.15) is 36.6 Å². The topological polar surface area (TPSA) is 32.3 Å². The fourth-order valence-electron chi connectivity index (χ4n) is 2.74. The maximum atomic E-state index is 12.6. The standard InChI is InChI=1S/C16H24N2OS/c1-5-7-18-8-6-11(2)9-14(18)16(19)17-15-12(3)10-20-13(15)4/h10,14H,2,5-9H2,1,3-4H3,(H,17,19). The van der Waals surface area contributed by atoms with Gasteiger partial charge < -0.3 is 5.32 Å². The van der Waals surface area contributed by atoms with E-state index in [2.05, 4.69) is 36.0 Å². The molecule has 2 rings (SSSR count). The van der Waals surface area contributed by atoms with Crippen molar-refractivity contribution in [3.63, 3.8) is 0 Å². The van der Waals surface area contributed by atoms with Crippen LogP contribution in [0.3, 0.4) is 0 Å². The minimum atomic E-state index is -0.0603. The number of thiophene rings is 1. The van der Waals surface area contributed by atoms with Gasteiger partial charge >= 0.3 is 0 Å². The SMILES string of the molecule is C=C1CCN(CCC)C(C(=O)Nc2c(C)csc2C)C1. The highest BCUT2D eigenvalue weighted by Gasteiger charge is 2.30. The van der Waals surface area contributed by atoms with E-state index in [0.29, 0.717) is 0 Å². The Morgan fingerprint density at radius 3 is 2.90 bits per heavy atom. The van der Waals surface area contributed by atoms with Crippen LogP contribution < -0.4 is 5.32 Å². The van der Waals surface area contributed by atoms with Gasteiger partial charge in [-0.1, -0.05) is 19.1 Å². The van der Waals surface area contributed by atoms with E-state index in [1.807, 2.05) is 6.92 Å². The zero-order valence-electron chi connectivity index (χ0n) is 12.7. The number of nitrogens with one attached hydrogen (secondary N) is 1. The monoisotopic (exact) mass is 292 g/mol. The van der Waals surface area contributed by atoms with Crippen molar-refractivity contribution < 1.29 is 4.79 Å². The van der Waals surface area contributed by atoms with E-state index in [4.69, 9.17) is 0 Å². The van der Waals surface area contributed by atoms with Crippen molar-refractivity contribution in [2.75, 3.05) is 18.4 Å². The summed E-state index contributed by atoms with van der Waals surface area (Å²) in [7, 11) is 0. The number of hydrogen-bond donors (Lipinski definition) is 1. The van der Waals surface area contributed by atoms with E-state index in [0.717, 1.165) is 43.6 Å². The van der Waals surface area contributed by atoms with Crippen LogP contribution in [0, 0.1) is 13.8 Å². The smallest absolute Gasteiger partial charge is 0.242 e. The Labute approximate surface area is 125 Å². The molecule has 1 aromatic heterocycles. The van der Waals surface area contributed by atoms with Crippen molar-refractivity contribution in [2.45, 2.75) is 46.1 Å². The summed E-state index contributed by atoms with van der Waals surface area (Å²) in [5, 5.41) is 5.22.